The summed E-state index contributed by atoms with van der Waals surface area (Å²) >= 11 is 0.982. The molecule has 0 atom stereocenters. The van der Waals surface area contributed by atoms with Crippen LogP contribution >= 0.6 is 11.3 Å². The third-order valence-electron chi connectivity index (χ3n) is 4.92. The first-order valence-electron chi connectivity index (χ1n) is 9.88. The molecule has 2 aromatic carbocycles. The molecule has 1 N–H and O–H groups in total. The lowest BCUT2D eigenvalue weighted by atomic mass is 10.1. The van der Waals surface area contributed by atoms with Crippen LogP contribution in [-0.2, 0) is 27.0 Å². The molecule has 170 valence electrons. The Balaban J connectivity index is 1.92. The molecule has 0 fully saturated rings. The van der Waals surface area contributed by atoms with Crippen molar-refractivity contribution in [2.24, 2.45) is 0 Å². The Morgan fingerprint density at radius 3 is 2.48 bits per heavy atom. The molecule has 1 aliphatic rings. The van der Waals surface area contributed by atoms with Crippen LogP contribution in [0.2, 0.25) is 0 Å². The number of hydrogen-bond donors (Lipinski definition) is 1. The molecule has 10 heteroatoms. The average molecular weight is 474 g/mol. The number of fused-ring (bicyclic) bond motifs is 1. The molecule has 1 aliphatic heterocycles. The first kappa shape index (κ1) is 22.5. The van der Waals surface area contributed by atoms with E-state index in [-0.39, 0.29) is 21.4 Å². The number of hydrogen-bond acceptors (Lipinski definition) is 5. The van der Waals surface area contributed by atoms with Gasteiger partial charge in [0.15, 0.2) is 0 Å². The number of esters is 1. The van der Waals surface area contributed by atoms with E-state index >= 15 is 0 Å². The fraction of sp³-hybridized carbons (Fsp3) is 0.174. The maximum absolute atomic E-state index is 13.1. The highest BCUT2D eigenvalue weighted by molar-refractivity contribution is 7.07. The van der Waals surface area contributed by atoms with Gasteiger partial charge in [-0.05, 0) is 36.8 Å². The maximum Gasteiger partial charge on any atom is 0.416 e. The summed E-state index contributed by atoms with van der Waals surface area (Å²) in [5, 5.41) is 2.73. The smallest absolute Gasteiger partial charge is 0.416 e. The SMILES string of the molecule is CCOC(=O)Cn1c(=O)/c(=C/c2ccc(C(F)(F)F)cc2)s/c1=C1/C(=O)Nc2ccccc21. The van der Waals surface area contributed by atoms with Gasteiger partial charge >= 0.3 is 12.1 Å². The Bertz CT molecular complexity index is 1420. The monoisotopic (exact) mass is 474 g/mol. The van der Waals surface area contributed by atoms with Crippen LogP contribution in [0.3, 0.4) is 0 Å². The molecule has 1 amide bonds. The number of halogens is 3. The number of thiazole rings is 1. The second-order valence-corrected chi connectivity index (χ2v) is 8.14. The van der Waals surface area contributed by atoms with Gasteiger partial charge in [0.25, 0.3) is 11.5 Å². The quantitative estimate of drug-likeness (QED) is 0.590. The number of amides is 1. The summed E-state index contributed by atoms with van der Waals surface area (Å²) in [4.78, 5) is 38.0. The number of ether oxygens (including phenoxy) is 1. The number of aromatic nitrogens is 1. The second-order valence-electron chi connectivity index (χ2n) is 7.11. The highest BCUT2D eigenvalue weighted by Gasteiger charge is 2.30. The van der Waals surface area contributed by atoms with Crippen LogP contribution in [0.5, 0.6) is 0 Å². The zero-order chi connectivity index (χ0) is 23.8. The van der Waals surface area contributed by atoms with Crippen LogP contribution in [0.25, 0.3) is 11.6 Å². The number of nitrogens with one attached hydrogen (secondary N) is 1. The van der Waals surface area contributed by atoms with E-state index in [1.165, 1.54) is 18.2 Å². The van der Waals surface area contributed by atoms with Crippen LogP contribution in [0, 0.1) is 0 Å². The van der Waals surface area contributed by atoms with E-state index in [4.69, 9.17) is 4.74 Å². The fourth-order valence-electron chi connectivity index (χ4n) is 3.43. The molecule has 0 spiro atoms. The largest absolute Gasteiger partial charge is 0.465 e. The van der Waals surface area contributed by atoms with E-state index in [9.17, 15) is 27.6 Å². The predicted octanol–water partition coefficient (Wildman–Crippen LogP) is 2.47. The summed E-state index contributed by atoms with van der Waals surface area (Å²) in [7, 11) is 0. The molecule has 0 radical (unpaired) electrons. The van der Waals surface area contributed by atoms with Crippen molar-refractivity contribution < 1.29 is 27.5 Å². The van der Waals surface area contributed by atoms with Crippen LogP contribution in [0.15, 0.2) is 53.3 Å². The summed E-state index contributed by atoms with van der Waals surface area (Å²) < 4.78 is 45.1. The molecular weight excluding hydrogens is 457 g/mol. The highest BCUT2D eigenvalue weighted by Crippen LogP contribution is 2.30. The van der Waals surface area contributed by atoms with Gasteiger partial charge in [0.05, 0.1) is 22.3 Å². The summed E-state index contributed by atoms with van der Waals surface area (Å²) in [6.07, 6.45) is -3.04. The zero-order valence-corrected chi connectivity index (χ0v) is 18.0. The number of benzene rings is 2. The van der Waals surface area contributed by atoms with Gasteiger partial charge in [-0.2, -0.15) is 13.2 Å². The zero-order valence-electron chi connectivity index (χ0n) is 17.2. The van der Waals surface area contributed by atoms with Crippen molar-refractivity contribution in [2.75, 3.05) is 11.9 Å². The van der Waals surface area contributed by atoms with Crippen molar-refractivity contribution in [1.29, 1.82) is 0 Å². The molecule has 1 aromatic heterocycles. The van der Waals surface area contributed by atoms with Crippen molar-refractivity contribution in [1.82, 2.24) is 4.57 Å². The summed E-state index contributed by atoms with van der Waals surface area (Å²) in [5.41, 5.74) is 0.423. The fourth-order valence-corrected chi connectivity index (χ4v) is 4.60. The van der Waals surface area contributed by atoms with Gasteiger partial charge in [-0.25, -0.2) is 0 Å². The lowest BCUT2D eigenvalue weighted by molar-refractivity contribution is -0.144. The third kappa shape index (κ3) is 4.47. The van der Waals surface area contributed by atoms with Gasteiger partial charge in [-0.3, -0.25) is 19.0 Å². The standard InChI is InChI=1S/C23H17F3N2O4S/c1-2-32-18(29)12-28-21(31)17(11-13-7-9-14(10-8-13)23(24,25)26)33-22(28)19-15-5-3-4-6-16(15)27-20(19)30/h3-11H,2,12H2,1H3,(H,27,30)/b17-11-,22-19+. The number of carbonyl (C=O) groups is 2. The molecule has 0 unspecified atom stereocenters. The van der Waals surface area contributed by atoms with E-state index in [2.05, 4.69) is 5.32 Å². The summed E-state index contributed by atoms with van der Waals surface area (Å²) in [5.74, 6) is -1.07. The van der Waals surface area contributed by atoms with Crippen molar-refractivity contribution in [3.63, 3.8) is 0 Å². The molecule has 33 heavy (non-hydrogen) atoms. The topological polar surface area (TPSA) is 77.4 Å². The molecular formula is C23H17F3N2O4S. The minimum absolute atomic E-state index is 0.123. The molecule has 4 rings (SSSR count). The van der Waals surface area contributed by atoms with Crippen LogP contribution in [0.4, 0.5) is 18.9 Å². The van der Waals surface area contributed by atoms with Gasteiger partial charge in [-0.1, -0.05) is 30.3 Å². The van der Waals surface area contributed by atoms with Crippen molar-refractivity contribution in [3.8, 4) is 0 Å². The van der Waals surface area contributed by atoms with Gasteiger partial charge in [0.2, 0.25) is 0 Å². The lowest BCUT2D eigenvalue weighted by Gasteiger charge is -2.05. The van der Waals surface area contributed by atoms with E-state index < -0.39 is 35.7 Å². The average Bonchev–Trinajstić information content (AvgIpc) is 3.24. The molecule has 3 aromatic rings. The third-order valence-corrected chi connectivity index (χ3v) is 6.05. The molecule has 6 nitrogen and oxygen atoms in total. The predicted molar refractivity (Wildman–Crippen MR) is 117 cm³/mol. The summed E-state index contributed by atoms with van der Waals surface area (Å²) in [6.45, 7) is 1.35. The van der Waals surface area contributed by atoms with Gasteiger partial charge in [-0.15, -0.1) is 11.3 Å². The van der Waals surface area contributed by atoms with Gasteiger partial charge in [0, 0.05) is 11.3 Å². The lowest BCUT2D eigenvalue weighted by Crippen LogP contribution is -2.36. The van der Waals surface area contributed by atoms with Crippen LogP contribution in [-0.4, -0.2) is 23.1 Å². The van der Waals surface area contributed by atoms with Crippen LogP contribution < -0.4 is 20.1 Å². The Kier molecular flexibility index (Phi) is 5.94. The van der Waals surface area contributed by atoms with E-state index in [0.29, 0.717) is 16.8 Å². The number of alkyl halides is 3. The number of anilines is 1. The van der Waals surface area contributed by atoms with Gasteiger partial charge in [0.1, 0.15) is 11.2 Å². The maximum atomic E-state index is 13.1. The minimum atomic E-state index is -4.47. The Morgan fingerprint density at radius 2 is 1.82 bits per heavy atom. The minimum Gasteiger partial charge on any atom is -0.465 e. The normalized spacial score (nSPS) is 15.4. The first-order chi connectivity index (χ1) is 15.7. The number of rotatable bonds is 4. The van der Waals surface area contributed by atoms with E-state index in [1.54, 1.807) is 31.2 Å². The Labute approximate surface area is 189 Å². The Morgan fingerprint density at radius 1 is 1.12 bits per heavy atom. The molecule has 0 aliphatic carbocycles. The van der Waals surface area contributed by atoms with Crippen molar-refractivity contribution >= 4 is 40.5 Å². The molecule has 2 heterocycles. The number of para-hydroxylation sites is 1. The second kappa shape index (κ2) is 8.70. The Hall–Kier alpha value is -3.66. The highest BCUT2D eigenvalue weighted by atomic mass is 32.1. The first-order valence-corrected chi connectivity index (χ1v) is 10.7. The van der Waals surface area contributed by atoms with Crippen molar-refractivity contribution in [2.45, 2.75) is 19.6 Å². The van der Waals surface area contributed by atoms with Crippen molar-refractivity contribution in [3.05, 3.63) is 84.8 Å². The molecule has 0 saturated carbocycles. The number of carbonyl (C=O) groups excluding carboxylic acids is 2. The van der Waals surface area contributed by atoms with Crippen LogP contribution in [0.1, 0.15) is 23.6 Å². The molecule has 0 saturated heterocycles. The van der Waals surface area contributed by atoms with Gasteiger partial charge < -0.3 is 10.1 Å². The van der Waals surface area contributed by atoms with E-state index in [1.807, 2.05) is 0 Å². The molecule has 0 bridgehead atoms. The van der Waals surface area contributed by atoms with E-state index in [0.717, 1.165) is 28.0 Å². The number of nitrogens with zero attached hydrogens (tertiary/aromatic N) is 1. The summed E-state index contributed by atoms with van der Waals surface area (Å²) in [6, 6.07) is 11.3.